The zero-order chi connectivity index (χ0) is 34.0. The number of anilines is 1. The molecule has 48 heavy (non-hydrogen) atoms. The Morgan fingerprint density at radius 3 is 2.67 bits per heavy atom. The number of hydrogen-bond acceptors (Lipinski definition) is 8. The fourth-order valence-corrected chi connectivity index (χ4v) is 8.08. The van der Waals surface area contributed by atoms with Gasteiger partial charge in [-0.3, -0.25) is 4.79 Å². The van der Waals surface area contributed by atoms with Crippen LogP contribution in [-0.4, -0.2) is 85.2 Å². The maximum atomic E-state index is 14.2. The predicted molar refractivity (Wildman–Crippen MR) is 179 cm³/mol. The standard InChI is InChI=1S/C35H42N4O8S/c1-22(2)19-39(48(43,44)25-11-12-29-27(18-25)28(33(41)36-29)17-24-10-7-14-38(24)3)20-31(40)30(16-23-8-5-4-6-9-23)37-35(42)47-32-21-46-34-26(32)13-15-45-34/h4-12,14,17-18,22,26,30-32,34,40H,13,15-16,19-21H2,1-3H3,(H,36,41)(H,37,42)/b28-17-. The lowest BCUT2D eigenvalue weighted by Crippen LogP contribution is -2.51. The van der Waals surface area contributed by atoms with Crippen LogP contribution >= 0.6 is 0 Å². The summed E-state index contributed by atoms with van der Waals surface area (Å²) in [5, 5.41) is 17.3. The Labute approximate surface area is 280 Å². The maximum Gasteiger partial charge on any atom is 0.407 e. The van der Waals surface area contributed by atoms with Gasteiger partial charge in [0.15, 0.2) is 6.29 Å². The molecule has 5 atom stereocenters. The molecule has 0 radical (unpaired) electrons. The summed E-state index contributed by atoms with van der Waals surface area (Å²) >= 11 is 0. The van der Waals surface area contributed by atoms with Crippen molar-refractivity contribution in [3.63, 3.8) is 0 Å². The van der Waals surface area contributed by atoms with E-state index in [4.69, 9.17) is 14.2 Å². The second kappa shape index (κ2) is 14.2. The number of aromatic nitrogens is 1. The van der Waals surface area contributed by atoms with E-state index in [0.717, 1.165) is 17.7 Å². The molecule has 13 heteroatoms. The van der Waals surface area contributed by atoms with Gasteiger partial charge in [0.2, 0.25) is 10.0 Å². The number of aryl methyl sites for hydroxylation is 1. The molecule has 3 aliphatic heterocycles. The van der Waals surface area contributed by atoms with E-state index in [2.05, 4.69) is 10.6 Å². The van der Waals surface area contributed by atoms with Gasteiger partial charge in [0.25, 0.3) is 5.91 Å². The number of benzene rings is 2. The summed E-state index contributed by atoms with van der Waals surface area (Å²) in [5.74, 6) is -0.454. The molecule has 12 nitrogen and oxygen atoms in total. The van der Waals surface area contributed by atoms with Crippen LogP contribution in [0, 0.1) is 11.8 Å². The van der Waals surface area contributed by atoms with Gasteiger partial charge < -0.3 is 34.5 Å². The number of carbonyl (C=O) groups is 2. The molecule has 6 rings (SSSR count). The molecule has 2 aromatic carbocycles. The minimum atomic E-state index is -4.16. The summed E-state index contributed by atoms with van der Waals surface area (Å²) in [7, 11) is -2.30. The lowest BCUT2D eigenvalue weighted by molar-refractivity contribution is -0.110. The third-order valence-electron chi connectivity index (χ3n) is 8.96. The highest BCUT2D eigenvalue weighted by molar-refractivity contribution is 7.89. The van der Waals surface area contributed by atoms with Crippen LogP contribution in [0.4, 0.5) is 10.5 Å². The van der Waals surface area contributed by atoms with Crippen LogP contribution in [0.25, 0.3) is 11.6 Å². The Hall–Kier alpha value is -4.01. The van der Waals surface area contributed by atoms with E-state index in [1.165, 1.54) is 16.4 Å². The number of aliphatic hydroxyl groups is 1. The van der Waals surface area contributed by atoms with E-state index in [9.17, 15) is 23.1 Å². The van der Waals surface area contributed by atoms with Gasteiger partial charge in [0, 0.05) is 43.3 Å². The minimum Gasteiger partial charge on any atom is -0.443 e. The van der Waals surface area contributed by atoms with Crippen molar-refractivity contribution in [1.29, 1.82) is 0 Å². The zero-order valence-electron chi connectivity index (χ0n) is 27.2. The van der Waals surface area contributed by atoms with Gasteiger partial charge >= 0.3 is 6.09 Å². The minimum absolute atomic E-state index is 0.00932. The molecule has 3 aliphatic rings. The highest BCUT2D eigenvalue weighted by atomic mass is 32.2. The molecule has 2 fully saturated rings. The Morgan fingerprint density at radius 2 is 1.94 bits per heavy atom. The van der Waals surface area contributed by atoms with Crippen LogP contribution in [0.2, 0.25) is 0 Å². The Morgan fingerprint density at radius 1 is 1.15 bits per heavy atom. The molecule has 256 valence electrons. The highest BCUT2D eigenvalue weighted by Crippen LogP contribution is 2.36. The van der Waals surface area contributed by atoms with E-state index in [1.54, 1.807) is 12.1 Å². The quantitative estimate of drug-likeness (QED) is 0.246. The van der Waals surface area contributed by atoms with Crippen molar-refractivity contribution in [1.82, 2.24) is 14.2 Å². The fourth-order valence-electron chi connectivity index (χ4n) is 6.43. The number of sulfonamides is 1. The molecule has 2 amide bonds. The van der Waals surface area contributed by atoms with E-state index >= 15 is 0 Å². The van der Waals surface area contributed by atoms with Gasteiger partial charge in [-0.25, -0.2) is 13.2 Å². The topological polar surface area (TPSA) is 148 Å². The Bertz CT molecular complexity index is 1770. The molecular weight excluding hydrogens is 636 g/mol. The first-order valence-corrected chi connectivity index (χ1v) is 17.6. The van der Waals surface area contributed by atoms with Crippen molar-refractivity contribution in [2.75, 3.05) is 31.6 Å². The summed E-state index contributed by atoms with van der Waals surface area (Å²) in [5.41, 5.74) is 2.99. The van der Waals surface area contributed by atoms with E-state index < -0.39 is 34.4 Å². The summed E-state index contributed by atoms with van der Waals surface area (Å²) in [6.07, 6.45) is 1.66. The SMILES string of the molecule is CC(C)CN(CC(O)C(Cc1ccccc1)NC(=O)OC1COC2OCCC12)S(=O)(=O)c1ccc2c(c1)/C(=C/c1cccn1C)C(=O)N2. The third-order valence-corrected chi connectivity index (χ3v) is 10.8. The zero-order valence-corrected chi connectivity index (χ0v) is 28.1. The summed E-state index contributed by atoms with van der Waals surface area (Å²) in [6, 6.07) is 16.7. The molecule has 2 saturated heterocycles. The van der Waals surface area contributed by atoms with E-state index in [-0.39, 0.29) is 55.0 Å². The van der Waals surface area contributed by atoms with Crippen LogP contribution in [0.15, 0.2) is 71.8 Å². The largest absolute Gasteiger partial charge is 0.443 e. The molecule has 5 unspecified atom stereocenters. The maximum absolute atomic E-state index is 14.2. The van der Waals surface area contributed by atoms with Crippen LogP contribution < -0.4 is 10.6 Å². The second-order valence-corrected chi connectivity index (χ2v) is 14.9. The first kappa shape index (κ1) is 33.9. The van der Waals surface area contributed by atoms with E-state index in [0.29, 0.717) is 23.4 Å². The Kier molecular flexibility index (Phi) is 10.0. The number of nitrogens with zero attached hydrogens (tertiary/aromatic N) is 2. The summed E-state index contributed by atoms with van der Waals surface area (Å²) < 4.78 is 48.5. The average Bonchev–Trinajstić information content (AvgIpc) is 3.83. The number of rotatable bonds is 12. The number of carbonyl (C=O) groups excluding carboxylic acids is 2. The number of aliphatic hydroxyl groups excluding tert-OH is 1. The number of hydrogen-bond donors (Lipinski definition) is 3. The van der Waals surface area contributed by atoms with Crippen molar-refractivity contribution in [3.05, 3.63) is 83.7 Å². The van der Waals surface area contributed by atoms with Crippen LogP contribution in [0.1, 0.15) is 37.1 Å². The smallest absolute Gasteiger partial charge is 0.407 e. The second-order valence-electron chi connectivity index (χ2n) is 13.0. The first-order chi connectivity index (χ1) is 23.0. The molecular formula is C35H42N4O8S. The van der Waals surface area contributed by atoms with Crippen molar-refractivity contribution in [2.24, 2.45) is 18.9 Å². The molecule has 3 aromatic rings. The molecule has 0 bridgehead atoms. The van der Waals surface area contributed by atoms with Crippen molar-refractivity contribution in [3.8, 4) is 0 Å². The van der Waals surface area contributed by atoms with Crippen molar-refractivity contribution in [2.45, 2.75) is 56.1 Å². The van der Waals surface area contributed by atoms with Crippen LogP contribution in [0.5, 0.6) is 0 Å². The van der Waals surface area contributed by atoms with Crippen molar-refractivity contribution >= 4 is 39.4 Å². The summed E-state index contributed by atoms with van der Waals surface area (Å²) in [6.45, 7) is 4.37. The average molecular weight is 679 g/mol. The van der Waals surface area contributed by atoms with Gasteiger partial charge in [0.1, 0.15) is 6.10 Å². The normalized spacial score (nSPS) is 22.5. The number of alkyl carbamates (subject to hydrolysis) is 1. The highest BCUT2D eigenvalue weighted by Gasteiger charge is 2.44. The molecule has 0 aliphatic carbocycles. The lowest BCUT2D eigenvalue weighted by atomic mass is 10.0. The number of ether oxygens (including phenoxy) is 3. The molecule has 1 aromatic heterocycles. The number of amides is 2. The van der Waals surface area contributed by atoms with E-state index in [1.807, 2.05) is 74.1 Å². The fraction of sp³-hybridized carbons (Fsp3) is 0.429. The number of fused-ring (bicyclic) bond motifs is 2. The molecule has 4 heterocycles. The van der Waals surface area contributed by atoms with Gasteiger partial charge in [-0.1, -0.05) is 44.2 Å². The Balaban J connectivity index is 1.24. The molecule has 0 spiro atoms. The third kappa shape index (κ3) is 7.35. The molecule has 0 saturated carbocycles. The van der Waals surface area contributed by atoms with Crippen LogP contribution in [0.3, 0.4) is 0 Å². The molecule has 3 N–H and O–H groups in total. The number of nitrogens with one attached hydrogen (secondary N) is 2. The predicted octanol–water partition coefficient (Wildman–Crippen LogP) is 3.62. The summed E-state index contributed by atoms with van der Waals surface area (Å²) in [4.78, 5) is 26.0. The van der Waals surface area contributed by atoms with Crippen molar-refractivity contribution < 1.29 is 37.3 Å². The van der Waals surface area contributed by atoms with Crippen LogP contribution in [-0.2, 0) is 42.5 Å². The van der Waals surface area contributed by atoms with Gasteiger partial charge in [-0.2, -0.15) is 4.31 Å². The van der Waals surface area contributed by atoms with Gasteiger partial charge in [-0.15, -0.1) is 0 Å². The first-order valence-electron chi connectivity index (χ1n) is 16.2. The monoisotopic (exact) mass is 678 g/mol. The van der Waals surface area contributed by atoms with Gasteiger partial charge in [-0.05, 0) is 60.7 Å². The van der Waals surface area contributed by atoms with Gasteiger partial charge in [0.05, 0.1) is 41.7 Å². The lowest BCUT2D eigenvalue weighted by Gasteiger charge is -2.31.